The number of hydrogen-bond acceptors (Lipinski definition) is 3. The van der Waals surface area contributed by atoms with Gasteiger partial charge in [0, 0.05) is 12.6 Å². The van der Waals surface area contributed by atoms with Crippen molar-refractivity contribution < 1.29 is 9.59 Å². The van der Waals surface area contributed by atoms with Gasteiger partial charge in [0.15, 0.2) is 5.78 Å². The van der Waals surface area contributed by atoms with Crippen molar-refractivity contribution in [3.8, 4) is 0 Å². The van der Waals surface area contributed by atoms with Crippen LogP contribution in [-0.2, 0) is 11.8 Å². The first-order valence-electron chi connectivity index (χ1n) is 6.37. The van der Waals surface area contributed by atoms with Crippen molar-refractivity contribution in [1.29, 1.82) is 0 Å². The smallest absolute Gasteiger partial charge is 0.232 e. The number of hydrogen-bond donors (Lipinski definition) is 1. The zero-order chi connectivity index (χ0) is 14.7. The molecule has 1 aromatic heterocycles. The van der Waals surface area contributed by atoms with Crippen LogP contribution in [-0.4, -0.2) is 21.5 Å². The molecule has 5 heteroatoms. The molecular formula is C15H17N3O2. The lowest BCUT2D eigenvalue weighted by Gasteiger charge is -2.05. The maximum Gasteiger partial charge on any atom is 0.232 e. The highest BCUT2D eigenvalue weighted by Gasteiger charge is 2.15. The second-order valence-corrected chi connectivity index (χ2v) is 4.68. The van der Waals surface area contributed by atoms with E-state index in [4.69, 9.17) is 0 Å². The van der Waals surface area contributed by atoms with Crippen LogP contribution in [0.2, 0.25) is 0 Å². The van der Waals surface area contributed by atoms with Crippen molar-refractivity contribution in [3.63, 3.8) is 0 Å². The predicted molar refractivity (Wildman–Crippen MR) is 76.7 cm³/mol. The van der Waals surface area contributed by atoms with Crippen LogP contribution in [0.1, 0.15) is 28.2 Å². The summed E-state index contributed by atoms with van der Waals surface area (Å²) in [5.41, 5.74) is 2.83. The zero-order valence-corrected chi connectivity index (χ0v) is 11.8. The molecule has 1 aromatic carbocycles. The summed E-state index contributed by atoms with van der Waals surface area (Å²) >= 11 is 0. The maximum atomic E-state index is 11.9. The quantitative estimate of drug-likeness (QED) is 0.685. The van der Waals surface area contributed by atoms with Gasteiger partial charge in [-0.25, -0.2) is 0 Å². The Morgan fingerprint density at radius 1 is 1.20 bits per heavy atom. The number of ketones is 1. The van der Waals surface area contributed by atoms with E-state index in [0.29, 0.717) is 11.3 Å². The Labute approximate surface area is 117 Å². The van der Waals surface area contributed by atoms with Gasteiger partial charge in [0.1, 0.15) is 0 Å². The summed E-state index contributed by atoms with van der Waals surface area (Å²) in [5.74, 6) is -0.514. The first-order valence-corrected chi connectivity index (χ1v) is 6.37. The molecule has 0 fully saturated rings. The van der Waals surface area contributed by atoms with E-state index in [-0.39, 0.29) is 18.1 Å². The Morgan fingerprint density at radius 3 is 2.40 bits per heavy atom. The molecule has 2 aromatic rings. The Morgan fingerprint density at radius 2 is 1.85 bits per heavy atom. The minimum absolute atomic E-state index is 0.169. The summed E-state index contributed by atoms with van der Waals surface area (Å²) in [5, 5.41) is 6.97. The molecule has 0 saturated heterocycles. The summed E-state index contributed by atoms with van der Waals surface area (Å²) < 4.78 is 1.70. The molecule has 104 valence electrons. The van der Waals surface area contributed by atoms with Crippen LogP contribution in [0.25, 0.3) is 0 Å². The van der Waals surface area contributed by atoms with Crippen molar-refractivity contribution in [3.05, 3.63) is 47.3 Å². The van der Waals surface area contributed by atoms with Crippen LogP contribution in [0.3, 0.4) is 0 Å². The predicted octanol–water partition coefficient (Wildman–Crippen LogP) is 2.25. The molecule has 1 amide bonds. The third-order valence-electron chi connectivity index (χ3n) is 3.19. The molecule has 0 unspecified atom stereocenters. The number of anilines is 1. The van der Waals surface area contributed by atoms with Gasteiger partial charge in [-0.2, -0.15) is 5.10 Å². The number of nitrogens with zero attached hydrogens (tertiary/aromatic N) is 2. The van der Waals surface area contributed by atoms with Crippen molar-refractivity contribution >= 4 is 17.4 Å². The summed E-state index contributed by atoms with van der Waals surface area (Å²) in [6.45, 7) is 3.69. The number of carbonyl (C=O) groups is 2. The first-order chi connectivity index (χ1) is 9.49. The molecule has 20 heavy (non-hydrogen) atoms. The summed E-state index contributed by atoms with van der Waals surface area (Å²) in [6.07, 6.45) is -0.169. The molecule has 0 aliphatic carbocycles. The topological polar surface area (TPSA) is 64.0 Å². The minimum Gasteiger partial charge on any atom is -0.323 e. The Balaban J connectivity index is 2.05. The molecule has 0 spiro atoms. The number of carbonyl (C=O) groups excluding carboxylic acids is 2. The van der Waals surface area contributed by atoms with Gasteiger partial charge in [0.25, 0.3) is 0 Å². The Bertz CT molecular complexity index is 645. The van der Waals surface area contributed by atoms with E-state index in [1.165, 1.54) is 0 Å². The van der Waals surface area contributed by atoms with Crippen LogP contribution >= 0.6 is 0 Å². The van der Waals surface area contributed by atoms with E-state index < -0.39 is 0 Å². The van der Waals surface area contributed by atoms with Crippen LogP contribution in [0.15, 0.2) is 30.3 Å². The van der Waals surface area contributed by atoms with E-state index in [0.717, 1.165) is 11.4 Å². The molecule has 5 nitrogen and oxygen atoms in total. The number of amides is 1. The second kappa shape index (κ2) is 5.69. The number of Topliss-reactive ketones (excluding diaryl/α,β-unsaturated/α-hetero) is 1. The molecule has 0 aliphatic heterocycles. The van der Waals surface area contributed by atoms with E-state index in [2.05, 4.69) is 10.4 Å². The lowest BCUT2D eigenvalue weighted by Crippen LogP contribution is -2.17. The van der Waals surface area contributed by atoms with Gasteiger partial charge >= 0.3 is 0 Å². The van der Waals surface area contributed by atoms with Crippen LogP contribution < -0.4 is 5.32 Å². The average molecular weight is 271 g/mol. The van der Waals surface area contributed by atoms with Crippen molar-refractivity contribution in [2.45, 2.75) is 20.3 Å². The Kier molecular flexibility index (Phi) is 3.98. The SMILES string of the molecule is Cc1nn(C)c(C)c1NC(=O)CC(=O)c1ccccc1. The monoisotopic (exact) mass is 271 g/mol. The van der Waals surface area contributed by atoms with Crippen LogP contribution in [0, 0.1) is 13.8 Å². The molecule has 0 aliphatic rings. The standard InChI is InChI=1S/C15H17N3O2/c1-10-15(11(2)18(3)17-10)16-14(20)9-13(19)12-7-5-4-6-8-12/h4-8H,9H2,1-3H3,(H,16,20). The van der Waals surface area contributed by atoms with Crippen molar-refractivity contribution in [2.75, 3.05) is 5.32 Å². The normalized spacial score (nSPS) is 10.3. The maximum absolute atomic E-state index is 11.9. The van der Waals surface area contributed by atoms with E-state index >= 15 is 0 Å². The number of aryl methyl sites for hydroxylation is 2. The average Bonchev–Trinajstić information content (AvgIpc) is 2.66. The molecule has 0 atom stereocenters. The van der Waals surface area contributed by atoms with Crippen LogP contribution in [0.5, 0.6) is 0 Å². The third kappa shape index (κ3) is 2.93. The van der Waals surface area contributed by atoms with Gasteiger partial charge in [-0.05, 0) is 13.8 Å². The first kappa shape index (κ1) is 14.0. The van der Waals surface area contributed by atoms with Crippen LogP contribution in [0.4, 0.5) is 5.69 Å². The molecular weight excluding hydrogens is 254 g/mol. The molecule has 0 bridgehead atoms. The number of benzene rings is 1. The molecule has 1 heterocycles. The largest absolute Gasteiger partial charge is 0.323 e. The van der Waals surface area contributed by atoms with Gasteiger partial charge in [-0.1, -0.05) is 30.3 Å². The third-order valence-corrected chi connectivity index (χ3v) is 3.19. The number of nitrogens with one attached hydrogen (secondary N) is 1. The number of aromatic nitrogens is 2. The number of rotatable bonds is 4. The summed E-state index contributed by atoms with van der Waals surface area (Å²) in [4.78, 5) is 23.9. The highest BCUT2D eigenvalue weighted by Crippen LogP contribution is 2.18. The van der Waals surface area contributed by atoms with E-state index in [1.807, 2.05) is 27.0 Å². The van der Waals surface area contributed by atoms with Gasteiger partial charge in [0.05, 0.1) is 23.5 Å². The second-order valence-electron chi connectivity index (χ2n) is 4.68. The fourth-order valence-electron chi connectivity index (χ4n) is 2.01. The van der Waals surface area contributed by atoms with Gasteiger partial charge in [0.2, 0.25) is 5.91 Å². The zero-order valence-electron chi connectivity index (χ0n) is 11.8. The highest BCUT2D eigenvalue weighted by atomic mass is 16.2. The minimum atomic E-state index is -0.321. The lowest BCUT2D eigenvalue weighted by atomic mass is 10.1. The highest BCUT2D eigenvalue weighted by molar-refractivity contribution is 6.11. The fourth-order valence-corrected chi connectivity index (χ4v) is 2.01. The van der Waals surface area contributed by atoms with Crippen molar-refractivity contribution in [1.82, 2.24) is 9.78 Å². The van der Waals surface area contributed by atoms with Gasteiger partial charge < -0.3 is 5.32 Å². The summed E-state index contributed by atoms with van der Waals surface area (Å²) in [6, 6.07) is 8.80. The molecule has 0 saturated carbocycles. The fraction of sp³-hybridized carbons (Fsp3) is 0.267. The van der Waals surface area contributed by atoms with Gasteiger partial charge in [-0.15, -0.1) is 0 Å². The van der Waals surface area contributed by atoms with E-state index in [1.54, 1.807) is 28.9 Å². The molecule has 2 rings (SSSR count). The molecule has 0 radical (unpaired) electrons. The Hall–Kier alpha value is -2.43. The lowest BCUT2D eigenvalue weighted by molar-refractivity contribution is -0.115. The van der Waals surface area contributed by atoms with E-state index in [9.17, 15) is 9.59 Å². The van der Waals surface area contributed by atoms with Crippen molar-refractivity contribution in [2.24, 2.45) is 7.05 Å². The summed E-state index contributed by atoms with van der Waals surface area (Å²) in [7, 11) is 1.81. The van der Waals surface area contributed by atoms with Gasteiger partial charge in [-0.3, -0.25) is 14.3 Å². The molecule has 1 N–H and O–H groups in total.